The Morgan fingerprint density at radius 1 is 1.55 bits per heavy atom. The fraction of sp³-hybridized carbons (Fsp3) is 0.222. The van der Waals surface area contributed by atoms with Crippen molar-refractivity contribution in [1.82, 2.24) is 0 Å². The van der Waals surface area contributed by atoms with Crippen molar-refractivity contribution < 1.29 is 37.5 Å². The van der Waals surface area contributed by atoms with Crippen LogP contribution in [0.5, 0.6) is 0 Å². The van der Waals surface area contributed by atoms with Crippen molar-refractivity contribution in [2.75, 3.05) is 0 Å². The Morgan fingerprint density at radius 3 is 2.73 bits per heavy atom. The molecule has 0 aliphatic rings. The molecule has 1 atom stereocenters. The first-order valence-corrected chi connectivity index (χ1v) is 3.19. The third kappa shape index (κ3) is 3.26. The average Bonchev–Trinajstić information content (AvgIpc) is 2.05. The fourth-order valence-electron chi connectivity index (χ4n) is 0.740. The number of rotatable bonds is 2. The summed E-state index contributed by atoms with van der Waals surface area (Å²) in [6, 6.07) is 10.4. The van der Waals surface area contributed by atoms with E-state index in [9.17, 15) is 4.79 Å². The first-order valence-electron chi connectivity index (χ1n) is 3.19. The molecule has 0 aliphatic carbocycles. The van der Waals surface area contributed by atoms with Crippen LogP contribution in [-0.2, 0) is 37.5 Å². The van der Waals surface area contributed by atoms with Gasteiger partial charge in [0, 0.05) is 32.7 Å². The molecule has 1 aromatic rings. The van der Waals surface area contributed by atoms with E-state index in [0.717, 1.165) is 5.56 Å². The summed E-state index contributed by atoms with van der Waals surface area (Å²) in [6.45, 7) is 1.80. The average molecular weight is 221 g/mol. The van der Waals surface area contributed by atoms with E-state index in [2.05, 4.69) is 6.07 Å². The molecular formula is C9H8OY-2. The Hall–Kier alpha value is -0.00610. The maximum Gasteiger partial charge on any atom is 0 e. The van der Waals surface area contributed by atoms with Crippen LogP contribution in [0.4, 0.5) is 0 Å². The Kier molecular flexibility index (Phi) is 5.62. The van der Waals surface area contributed by atoms with Crippen molar-refractivity contribution >= 4 is 6.29 Å². The number of hydrogen-bond acceptors (Lipinski definition) is 1. The minimum absolute atomic E-state index is 0. The zero-order chi connectivity index (χ0) is 7.40. The molecule has 0 aromatic heterocycles. The first-order chi connectivity index (χ1) is 4.84. The van der Waals surface area contributed by atoms with Gasteiger partial charge in [0.15, 0.2) is 0 Å². The summed E-state index contributed by atoms with van der Waals surface area (Å²) in [4.78, 5) is 10.2. The summed E-state index contributed by atoms with van der Waals surface area (Å²) in [6.07, 6.45) is 1.90. The molecule has 1 rings (SSSR count). The van der Waals surface area contributed by atoms with Gasteiger partial charge in [-0.05, 0) is 0 Å². The van der Waals surface area contributed by atoms with Crippen molar-refractivity contribution in [3.63, 3.8) is 0 Å². The molecule has 0 heterocycles. The zero-order valence-corrected chi connectivity index (χ0v) is 9.21. The second-order valence-electron chi connectivity index (χ2n) is 2.16. The molecule has 1 radical (unpaired) electrons. The minimum Gasteiger partial charge on any atom is -0.541 e. The van der Waals surface area contributed by atoms with Crippen molar-refractivity contribution in [3.8, 4) is 0 Å². The minimum atomic E-state index is -0.152. The number of carbonyl (C=O) groups excluding carboxylic acids is 1. The standard InChI is InChI=1S/C9H8O.Y/c1-8(7-10)9-5-3-2-4-6-9;/h2-5,8H,1H3;/q-2;. The SMILES string of the molecule is CC([C-]=O)c1[c-]cccc1.[Y]. The molecule has 0 saturated heterocycles. The topological polar surface area (TPSA) is 17.1 Å². The monoisotopic (exact) mass is 221 g/mol. The van der Waals surface area contributed by atoms with Gasteiger partial charge in [0.2, 0.25) is 0 Å². The molecule has 1 nitrogen and oxygen atoms in total. The second-order valence-corrected chi connectivity index (χ2v) is 2.16. The van der Waals surface area contributed by atoms with Crippen molar-refractivity contribution in [2.45, 2.75) is 12.8 Å². The van der Waals surface area contributed by atoms with Gasteiger partial charge in [-0.3, -0.25) is 6.29 Å². The molecule has 0 spiro atoms. The molecule has 0 aliphatic heterocycles. The van der Waals surface area contributed by atoms with Gasteiger partial charge in [-0.2, -0.15) is 35.9 Å². The van der Waals surface area contributed by atoms with Gasteiger partial charge in [0.25, 0.3) is 0 Å². The maximum atomic E-state index is 10.2. The molecular weight excluding hydrogens is 213 g/mol. The molecule has 11 heavy (non-hydrogen) atoms. The Labute approximate surface area is 92.1 Å². The summed E-state index contributed by atoms with van der Waals surface area (Å²) in [5, 5.41) is 0. The molecule has 0 N–H and O–H groups in total. The Balaban J connectivity index is 0.000001000. The molecule has 1 unspecified atom stereocenters. The van der Waals surface area contributed by atoms with Crippen LogP contribution in [0.15, 0.2) is 24.3 Å². The van der Waals surface area contributed by atoms with E-state index < -0.39 is 0 Å². The summed E-state index contributed by atoms with van der Waals surface area (Å²) in [5.74, 6) is -0.152. The van der Waals surface area contributed by atoms with Crippen LogP contribution >= 0.6 is 0 Å². The van der Waals surface area contributed by atoms with E-state index in [1.807, 2.05) is 24.5 Å². The molecule has 0 saturated carbocycles. The molecule has 0 amide bonds. The van der Waals surface area contributed by atoms with Gasteiger partial charge in [0.05, 0.1) is 0 Å². The van der Waals surface area contributed by atoms with Crippen LogP contribution in [0.1, 0.15) is 18.4 Å². The summed E-state index contributed by atoms with van der Waals surface area (Å²) < 4.78 is 0. The first kappa shape index (κ1) is 11.0. The predicted octanol–water partition coefficient (Wildman–Crippen LogP) is 1.70. The predicted molar refractivity (Wildman–Crippen MR) is 39.4 cm³/mol. The van der Waals surface area contributed by atoms with Crippen molar-refractivity contribution in [3.05, 3.63) is 35.9 Å². The second kappa shape index (κ2) is 5.62. The van der Waals surface area contributed by atoms with Gasteiger partial charge in [-0.15, -0.1) is 5.92 Å². The summed E-state index contributed by atoms with van der Waals surface area (Å²) in [7, 11) is 0. The van der Waals surface area contributed by atoms with Crippen LogP contribution in [0, 0.1) is 6.07 Å². The Morgan fingerprint density at radius 2 is 2.27 bits per heavy atom. The zero-order valence-electron chi connectivity index (χ0n) is 6.37. The van der Waals surface area contributed by atoms with E-state index in [-0.39, 0.29) is 38.6 Å². The van der Waals surface area contributed by atoms with E-state index in [1.165, 1.54) is 0 Å². The van der Waals surface area contributed by atoms with Crippen LogP contribution in [0.25, 0.3) is 0 Å². The quantitative estimate of drug-likeness (QED) is 0.694. The van der Waals surface area contributed by atoms with Crippen LogP contribution < -0.4 is 0 Å². The van der Waals surface area contributed by atoms with Crippen LogP contribution in [-0.4, -0.2) is 6.29 Å². The van der Waals surface area contributed by atoms with Gasteiger partial charge >= 0.3 is 0 Å². The molecule has 0 fully saturated rings. The Bertz CT molecular complexity index is 208. The summed E-state index contributed by atoms with van der Waals surface area (Å²) in [5.41, 5.74) is 0.900. The van der Waals surface area contributed by atoms with Crippen molar-refractivity contribution in [1.29, 1.82) is 0 Å². The van der Waals surface area contributed by atoms with Crippen molar-refractivity contribution in [2.24, 2.45) is 0 Å². The van der Waals surface area contributed by atoms with Gasteiger partial charge in [-0.25, -0.2) is 0 Å². The van der Waals surface area contributed by atoms with E-state index in [1.54, 1.807) is 13.0 Å². The fourth-order valence-corrected chi connectivity index (χ4v) is 0.740. The molecule has 2 heteroatoms. The normalized spacial score (nSPS) is 11.4. The number of benzene rings is 1. The van der Waals surface area contributed by atoms with Gasteiger partial charge in [0.1, 0.15) is 0 Å². The maximum absolute atomic E-state index is 10.2. The smallest absolute Gasteiger partial charge is 0 e. The molecule has 0 bridgehead atoms. The summed E-state index contributed by atoms with van der Waals surface area (Å²) >= 11 is 0. The van der Waals surface area contributed by atoms with E-state index in [0.29, 0.717) is 0 Å². The molecule has 1 aromatic carbocycles. The van der Waals surface area contributed by atoms with Gasteiger partial charge in [-0.1, -0.05) is 6.92 Å². The van der Waals surface area contributed by atoms with Crippen LogP contribution in [0.2, 0.25) is 0 Å². The molecule has 55 valence electrons. The third-order valence-corrected chi connectivity index (χ3v) is 1.38. The van der Waals surface area contributed by atoms with Crippen LogP contribution in [0.3, 0.4) is 0 Å². The largest absolute Gasteiger partial charge is 0.541 e. The van der Waals surface area contributed by atoms with E-state index >= 15 is 0 Å². The number of hydrogen-bond donors (Lipinski definition) is 0. The third-order valence-electron chi connectivity index (χ3n) is 1.38. The van der Waals surface area contributed by atoms with E-state index in [4.69, 9.17) is 0 Å². The van der Waals surface area contributed by atoms with Gasteiger partial charge < -0.3 is 4.79 Å².